The van der Waals surface area contributed by atoms with Crippen molar-refractivity contribution in [2.75, 3.05) is 13.7 Å². The molecule has 0 N–H and O–H groups in total. The van der Waals surface area contributed by atoms with E-state index in [-0.39, 0.29) is 0 Å². The maximum absolute atomic E-state index is 8.26. The number of ether oxygens (including phenoxy) is 2. The van der Waals surface area contributed by atoms with Crippen LogP contribution in [-0.4, -0.2) is 19.8 Å². The summed E-state index contributed by atoms with van der Waals surface area (Å²) in [5.74, 6) is 1.62. The quantitative estimate of drug-likeness (QED) is 0.323. The minimum Gasteiger partial charge on any atom is -0.493 e. The van der Waals surface area contributed by atoms with Gasteiger partial charge in [-0.25, -0.2) is 0 Å². The average molecular weight is 275 g/mol. The summed E-state index contributed by atoms with van der Waals surface area (Å²) in [6.07, 6.45) is 6.80. The van der Waals surface area contributed by atoms with Crippen LogP contribution in [0.1, 0.15) is 37.7 Å². The van der Waals surface area contributed by atoms with Crippen molar-refractivity contribution < 1.29 is 9.47 Å². The van der Waals surface area contributed by atoms with Gasteiger partial charge in [-0.3, -0.25) is 0 Å². The predicted molar refractivity (Wildman–Crippen MR) is 78.2 cm³/mol. The van der Waals surface area contributed by atoms with Crippen LogP contribution in [0.25, 0.3) is 10.4 Å². The van der Waals surface area contributed by atoms with Crippen LogP contribution in [0.4, 0.5) is 0 Å². The van der Waals surface area contributed by atoms with E-state index in [2.05, 4.69) is 10.0 Å². The lowest BCUT2D eigenvalue weighted by Gasteiger charge is -2.16. The largest absolute Gasteiger partial charge is 0.493 e. The number of benzene rings is 1. The van der Waals surface area contributed by atoms with Gasteiger partial charge >= 0.3 is 0 Å². The van der Waals surface area contributed by atoms with Crippen LogP contribution in [-0.2, 0) is 6.42 Å². The number of nitrogens with zero attached hydrogens (tertiary/aromatic N) is 3. The second-order valence-electron chi connectivity index (χ2n) is 5.07. The molecule has 1 aliphatic rings. The molecule has 5 nitrogen and oxygen atoms in total. The standard InChI is InChI=1S/C15H21N3O2/c1-19-14-9-8-12(5-4-10-17-18-16)11-15(14)20-13-6-2-3-7-13/h8-9,11,13H,2-7,10H2,1H3. The van der Waals surface area contributed by atoms with E-state index < -0.39 is 0 Å². The van der Waals surface area contributed by atoms with E-state index in [0.717, 1.165) is 37.2 Å². The lowest BCUT2D eigenvalue weighted by molar-refractivity contribution is 0.200. The molecule has 1 aromatic rings. The first-order valence-electron chi connectivity index (χ1n) is 7.18. The molecule has 1 fully saturated rings. The van der Waals surface area contributed by atoms with Gasteiger partial charge < -0.3 is 9.47 Å². The maximum Gasteiger partial charge on any atom is 0.161 e. The van der Waals surface area contributed by atoms with Crippen molar-refractivity contribution in [2.24, 2.45) is 5.11 Å². The fourth-order valence-electron chi connectivity index (χ4n) is 2.55. The lowest BCUT2D eigenvalue weighted by Crippen LogP contribution is -2.11. The molecular formula is C15H21N3O2. The molecule has 108 valence electrons. The highest BCUT2D eigenvalue weighted by Gasteiger charge is 2.18. The topological polar surface area (TPSA) is 67.2 Å². The monoisotopic (exact) mass is 275 g/mol. The highest BCUT2D eigenvalue weighted by molar-refractivity contribution is 5.43. The first-order valence-corrected chi connectivity index (χ1v) is 7.18. The molecule has 0 aliphatic heterocycles. The van der Waals surface area contributed by atoms with Gasteiger partial charge in [-0.05, 0) is 61.8 Å². The van der Waals surface area contributed by atoms with E-state index in [9.17, 15) is 0 Å². The molecule has 0 heterocycles. The Bertz CT molecular complexity index is 478. The molecular weight excluding hydrogens is 254 g/mol. The molecule has 2 rings (SSSR count). The molecule has 0 radical (unpaired) electrons. The molecule has 0 aromatic heterocycles. The fourth-order valence-corrected chi connectivity index (χ4v) is 2.55. The minimum atomic E-state index is 0.322. The molecule has 0 saturated heterocycles. The molecule has 1 saturated carbocycles. The normalized spacial score (nSPS) is 14.8. The van der Waals surface area contributed by atoms with Crippen LogP contribution in [0.3, 0.4) is 0 Å². The Morgan fingerprint density at radius 1 is 1.30 bits per heavy atom. The summed E-state index contributed by atoms with van der Waals surface area (Å²) in [5, 5.41) is 3.55. The van der Waals surface area contributed by atoms with Crippen molar-refractivity contribution in [3.8, 4) is 11.5 Å². The van der Waals surface area contributed by atoms with Crippen LogP contribution in [0.5, 0.6) is 11.5 Å². The Labute approximate surface area is 119 Å². The third kappa shape index (κ3) is 4.07. The van der Waals surface area contributed by atoms with E-state index in [4.69, 9.17) is 15.0 Å². The molecule has 0 amide bonds. The average Bonchev–Trinajstić information content (AvgIpc) is 2.97. The van der Waals surface area contributed by atoms with E-state index in [1.54, 1.807) is 7.11 Å². The zero-order valence-electron chi connectivity index (χ0n) is 11.9. The van der Waals surface area contributed by atoms with E-state index in [0.29, 0.717) is 12.6 Å². The molecule has 5 heteroatoms. The van der Waals surface area contributed by atoms with Crippen molar-refractivity contribution in [3.05, 3.63) is 34.2 Å². The van der Waals surface area contributed by atoms with E-state index in [1.807, 2.05) is 18.2 Å². The summed E-state index contributed by atoms with van der Waals surface area (Å²) in [6, 6.07) is 6.04. The maximum atomic E-state index is 8.26. The van der Waals surface area contributed by atoms with Gasteiger partial charge in [0.1, 0.15) is 0 Å². The zero-order valence-corrected chi connectivity index (χ0v) is 11.9. The fraction of sp³-hybridized carbons (Fsp3) is 0.600. The van der Waals surface area contributed by atoms with E-state index >= 15 is 0 Å². The van der Waals surface area contributed by atoms with E-state index in [1.165, 1.54) is 18.4 Å². The van der Waals surface area contributed by atoms with Gasteiger partial charge in [0.05, 0.1) is 13.2 Å². The van der Waals surface area contributed by atoms with Crippen LogP contribution >= 0.6 is 0 Å². The Balaban J connectivity index is 2.01. The van der Waals surface area contributed by atoms with Crippen molar-refractivity contribution >= 4 is 0 Å². The molecule has 1 aromatic carbocycles. The molecule has 0 unspecified atom stereocenters. The third-order valence-electron chi connectivity index (χ3n) is 3.61. The Morgan fingerprint density at radius 2 is 2.10 bits per heavy atom. The third-order valence-corrected chi connectivity index (χ3v) is 3.61. The van der Waals surface area contributed by atoms with Crippen molar-refractivity contribution in [2.45, 2.75) is 44.6 Å². The first-order chi connectivity index (χ1) is 9.83. The van der Waals surface area contributed by atoms with Crippen LogP contribution < -0.4 is 9.47 Å². The van der Waals surface area contributed by atoms with Gasteiger partial charge in [0.25, 0.3) is 0 Å². The van der Waals surface area contributed by atoms with Crippen LogP contribution in [0, 0.1) is 0 Å². The number of hydrogen-bond acceptors (Lipinski definition) is 3. The van der Waals surface area contributed by atoms with Gasteiger partial charge in [0.2, 0.25) is 0 Å². The second-order valence-corrected chi connectivity index (χ2v) is 5.07. The van der Waals surface area contributed by atoms with Gasteiger partial charge in [-0.1, -0.05) is 11.2 Å². The summed E-state index contributed by atoms with van der Waals surface area (Å²) in [7, 11) is 1.66. The number of azide groups is 1. The smallest absolute Gasteiger partial charge is 0.161 e. The van der Waals surface area contributed by atoms with Gasteiger partial charge in [0, 0.05) is 11.5 Å². The molecule has 20 heavy (non-hydrogen) atoms. The predicted octanol–water partition coefficient (Wildman–Crippen LogP) is 4.26. The Morgan fingerprint density at radius 3 is 2.80 bits per heavy atom. The number of hydrogen-bond donors (Lipinski definition) is 0. The SMILES string of the molecule is COc1ccc(CCCN=[N+]=[N-])cc1OC1CCCC1. The highest BCUT2D eigenvalue weighted by Crippen LogP contribution is 2.32. The van der Waals surface area contributed by atoms with Crippen molar-refractivity contribution in [1.29, 1.82) is 0 Å². The van der Waals surface area contributed by atoms with Crippen LogP contribution in [0.15, 0.2) is 23.3 Å². The van der Waals surface area contributed by atoms with Crippen molar-refractivity contribution in [3.63, 3.8) is 0 Å². The number of aryl methyl sites for hydroxylation is 1. The molecule has 0 bridgehead atoms. The van der Waals surface area contributed by atoms with Gasteiger partial charge in [-0.2, -0.15) is 0 Å². The van der Waals surface area contributed by atoms with Crippen LogP contribution in [0.2, 0.25) is 0 Å². The summed E-state index contributed by atoms with van der Waals surface area (Å²) in [6.45, 7) is 0.529. The first kappa shape index (κ1) is 14.5. The Kier molecular flexibility index (Phi) is 5.56. The zero-order chi connectivity index (χ0) is 14.2. The van der Waals surface area contributed by atoms with Gasteiger partial charge in [-0.15, -0.1) is 0 Å². The number of methoxy groups -OCH3 is 1. The lowest BCUT2D eigenvalue weighted by atomic mass is 10.1. The van der Waals surface area contributed by atoms with Gasteiger partial charge in [0.15, 0.2) is 11.5 Å². The summed E-state index contributed by atoms with van der Waals surface area (Å²) < 4.78 is 11.4. The summed E-state index contributed by atoms with van der Waals surface area (Å²) >= 11 is 0. The number of rotatable bonds is 7. The highest BCUT2D eigenvalue weighted by atomic mass is 16.5. The second kappa shape index (κ2) is 7.65. The molecule has 0 spiro atoms. The molecule has 0 atom stereocenters. The van der Waals surface area contributed by atoms with Crippen molar-refractivity contribution in [1.82, 2.24) is 0 Å². The summed E-state index contributed by atoms with van der Waals surface area (Å²) in [4.78, 5) is 2.76. The summed E-state index contributed by atoms with van der Waals surface area (Å²) in [5.41, 5.74) is 9.44. The Hall–Kier alpha value is -1.87. The molecule has 1 aliphatic carbocycles. The minimum absolute atomic E-state index is 0.322.